The van der Waals surface area contributed by atoms with Crippen LogP contribution in [0.25, 0.3) is 0 Å². The van der Waals surface area contributed by atoms with E-state index in [1.165, 1.54) is 13.8 Å². The monoisotopic (exact) mass is 476 g/mol. The molecule has 11 heteroatoms. The summed E-state index contributed by atoms with van der Waals surface area (Å²) in [7, 11) is 1.16. The first-order valence-electron chi connectivity index (χ1n) is 10.9. The van der Waals surface area contributed by atoms with Crippen LogP contribution in [0.1, 0.15) is 70.7 Å². The van der Waals surface area contributed by atoms with Crippen LogP contribution in [0.3, 0.4) is 0 Å². The number of methoxy groups -OCH3 is 1. The van der Waals surface area contributed by atoms with Gasteiger partial charge in [0.1, 0.15) is 23.2 Å². The lowest BCUT2D eigenvalue weighted by molar-refractivity contribution is -0.207. The van der Waals surface area contributed by atoms with Gasteiger partial charge in [0.2, 0.25) is 0 Å². The Balaban J connectivity index is 1.73. The number of esters is 1. The molecule has 182 valence electrons. The van der Waals surface area contributed by atoms with Crippen molar-refractivity contribution in [1.82, 2.24) is 0 Å². The number of phenolic OH excluding ortho intramolecular Hbond substituents is 2. The molecular weight excluding hydrogens is 452 g/mol. The summed E-state index contributed by atoms with van der Waals surface area (Å²) in [5.74, 6) is -3.90. The lowest BCUT2D eigenvalue weighted by atomic mass is 9.63. The Morgan fingerprint density at radius 2 is 1.68 bits per heavy atom. The first-order chi connectivity index (χ1) is 15.9. The molecule has 0 saturated carbocycles. The molecule has 7 atom stereocenters. The van der Waals surface area contributed by atoms with Gasteiger partial charge < -0.3 is 39.7 Å². The predicted molar refractivity (Wildman–Crippen MR) is 110 cm³/mol. The molecule has 34 heavy (non-hydrogen) atoms. The van der Waals surface area contributed by atoms with Crippen molar-refractivity contribution in [2.45, 2.75) is 68.9 Å². The summed E-state index contributed by atoms with van der Waals surface area (Å²) in [6.07, 6.45) is -7.64. The molecule has 1 fully saturated rings. The lowest BCUT2D eigenvalue weighted by Gasteiger charge is -2.52. The molecule has 2 aliphatic carbocycles. The van der Waals surface area contributed by atoms with Crippen LogP contribution in [-0.2, 0) is 19.0 Å². The molecule has 0 spiro atoms. The van der Waals surface area contributed by atoms with Crippen LogP contribution in [-0.4, -0.2) is 80.2 Å². The van der Waals surface area contributed by atoms with E-state index >= 15 is 0 Å². The fourth-order valence-corrected chi connectivity index (χ4v) is 5.73. The zero-order chi connectivity index (χ0) is 24.9. The highest BCUT2D eigenvalue weighted by molar-refractivity contribution is 6.30. The molecule has 1 aromatic carbocycles. The minimum absolute atomic E-state index is 0.118. The van der Waals surface area contributed by atoms with Gasteiger partial charge in [-0.3, -0.25) is 14.4 Å². The molecule has 0 unspecified atom stereocenters. The standard InChI is InChI=1S/C23H24O11/c1-6-12-14(18(26)9(33-6)5-11(25)32-3)21(29)15-16(19(12)27)22(30)17-13(20(15)28)8-4-10(24)23(17,31)7(2)34-8/h6-10,18,24,26-27,29,31H,4-5H2,1-3H3/t6-,7+,8+,9-,10+,18+,23+/m0/s1. The van der Waals surface area contributed by atoms with E-state index in [-0.39, 0.29) is 35.1 Å². The topological polar surface area (TPSA) is 180 Å². The number of phenols is 2. The molecule has 0 amide bonds. The fraction of sp³-hybridized carbons (Fsp3) is 0.522. The molecule has 3 aliphatic heterocycles. The van der Waals surface area contributed by atoms with Crippen LogP contribution in [0.15, 0.2) is 11.1 Å². The highest BCUT2D eigenvalue weighted by Crippen LogP contribution is 2.55. The molecular formula is C23H24O11. The summed E-state index contributed by atoms with van der Waals surface area (Å²) in [6.45, 7) is 2.94. The van der Waals surface area contributed by atoms with Crippen LogP contribution >= 0.6 is 0 Å². The van der Waals surface area contributed by atoms with Gasteiger partial charge in [-0.05, 0) is 13.8 Å². The molecule has 5 aliphatic rings. The Labute approximate surface area is 193 Å². The van der Waals surface area contributed by atoms with Gasteiger partial charge in [-0.15, -0.1) is 0 Å². The third kappa shape index (κ3) is 2.67. The van der Waals surface area contributed by atoms with Gasteiger partial charge in [-0.25, -0.2) is 0 Å². The van der Waals surface area contributed by atoms with E-state index in [0.29, 0.717) is 0 Å². The smallest absolute Gasteiger partial charge is 0.308 e. The minimum Gasteiger partial charge on any atom is -0.507 e. The summed E-state index contributed by atoms with van der Waals surface area (Å²) >= 11 is 0. The minimum atomic E-state index is -2.18. The number of carbonyl (C=O) groups excluding carboxylic acids is 3. The van der Waals surface area contributed by atoms with E-state index in [4.69, 9.17) is 9.47 Å². The number of hydrogen-bond donors (Lipinski definition) is 5. The normalized spacial score (nSPS) is 36.2. The van der Waals surface area contributed by atoms with Gasteiger partial charge in [0.15, 0.2) is 11.6 Å². The molecule has 2 bridgehead atoms. The highest BCUT2D eigenvalue weighted by atomic mass is 16.5. The second-order valence-corrected chi connectivity index (χ2v) is 9.11. The highest BCUT2D eigenvalue weighted by Gasteiger charge is 2.62. The number of carbonyl (C=O) groups is 3. The number of benzene rings is 1. The molecule has 11 nitrogen and oxygen atoms in total. The van der Waals surface area contributed by atoms with Crippen LogP contribution in [0.5, 0.6) is 11.5 Å². The Kier molecular flexibility index (Phi) is 4.95. The maximum absolute atomic E-state index is 13.6. The third-order valence-electron chi connectivity index (χ3n) is 7.40. The maximum Gasteiger partial charge on any atom is 0.308 e. The molecule has 0 aromatic heterocycles. The predicted octanol–water partition coefficient (Wildman–Crippen LogP) is 0.113. The Morgan fingerprint density at radius 1 is 1.06 bits per heavy atom. The van der Waals surface area contributed by atoms with Crippen molar-refractivity contribution in [3.8, 4) is 11.5 Å². The van der Waals surface area contributed by atoms with Crippen molar-refractivity contribution < 1.29 is 54.1 Å². The van der Waals surface area contributed by atoms with Gasteiger partial charge in [-0.2, -0.15) is 0 Å². The van der Waals surface area contributed by atoms with Crippen molar-refractivity contribution in [3.63, 3.8) is 0 Å². The van der Waals surface area contributed by atoms with Gasteiger partial charge in [0.25, 0.3) is 0 Å². The molecule has 1 aromatic rings. The van der Waals surface area contributed by atoms with E-state index in [1.807, 2.05) is 0 Å². The van der Waals surface area contributed by atoms with E-state index in [2.05, 4.69) is 4.74 Å². The van der Waals surface area contributed by atoms with E-state index in [1.54, 1.807) is 0 Å². The van der Waals surface area contributed by atoms with Crippen LogP contribution in [0.2, 0.25) is 0 Å². The fourth-order valence-electron chi connectivity index (χ4n) is 5.73. The number of fused-ring (bicyclic) bond motifs is 4. The molecule has 5 N–H and O–H groups in total. The summed E-state index contributed by atoms with van der Waals surface area (Å²) in [5, 5.41) is 54.9. The SMILES string of the molecule is COC(=O)C[C@@H]1O[C@@H](C)c2c(O)c3c(c(O)c2[C@@H]1O)C(=O)C1=C(C3=O)[C@]2(O)[C@H](O)C[C@H]1O[C@@H]2C. The molecule has 6 rings (SSSR count). The summed E-state index contributed by atoms with van der Waals surface area (Å²) in [6, 6.07) is 0. The van der Waals surface area contributed by atoms with Crippen LogP contribution in [0, 0.1) is 0 Å². The first-order valence-corrected chi connectivity index (χ1v) is 10.9. The number of rotatable bonds is 2. The molecule has 3 heterocycles. The van der Waals surface area contributed by atoms with Crippen molar-refractivity contribution >= 4 is 17.5 Å². The number of Topliss-reactive ketones (excluding diaryl/α,β-unsaturated/α-hetero) is 2. The molecule has 0 radical (unpaired) electrons. The number of aliphatic hydroxyl groups is 3. The zero-order valence-corrected chi connectivity index (χ0v) is 18.6. The number of ether oxygens (including phenoxy) is 3. The van der Waals surface area contributed by atoms with Gasteiger partial charge in [0, 0.05) is 28.7 Å². The summed E-state index contributed by atoms with van der Waals surface area (Å²) < 4.78 is 15.9. The summed E-state index contributed by atoms with van der Waals surface area (Å²) in [4.78, 5) is 38.9. The average Bonchev–Trinajstić information content (AvgIpc) is 2.77. The zero-order valence-electron chi connectivity index (χ0n) is 18.6. The van der Waals surface area contributed by atoms with E-state index in [9.17, 15) is 39.9 Å². The van der Waals surface area contributed by atoms with Gasteiger partial charge in [-0.1, -0.05) is 0 Å². The quantitative estimate of drug-likeness (QED) is 0.289. The van der Waals surface area contributed by atoms with Crippen LogP contribution in [0.4, 0.5) is 0 Å². The Hall–Kier alpha value is -2.83. The third-order valence-corrected chi connectivity index (χ3v) is 7.40. The van der Waals surface area contributed by atoms with Gasteiger partial charge >= 0.3 is 5.97 Å². The van der Waals surface area contributed by atoms with Crippen molar-refractivity contribution in [1.29, 1.82) is 0 Å². The summed E-state index contributed by atoms with van der Waals surface area (Å²) in [5.41, 5.74) is -4.17. The van der Waals surface area contributed by atoms with E-state index in [0.717, 1.165) is 7.11 Å². The first kappa shape index (κ1) is 22.9. The number of ketones is 2. The second-order valence-electron chi connectivity index (χ2n) is 9.11. The average molecular weight is 476 g/mol. The molecule has 1 saturated heterocycles. The number of hydrogen-bond acceptors (Lipinski definition) is 11. The Morgan fingerprint density at radius 3 is 2.29 bits per heavy atom. The van der Waals surface area contributed by atoms with E-state index < -0.39 is 82.4 Å². The van der Waals surface area contributed by atoms with Crippen molar-refractivity contribution in [3.05, 3.63) is 33.4 Å². The van der Waals surface area contributed by atoms with Crippen molar-refractivity contribution in [2.75, 3.05) is 7.11 Å². The lowest BCUT2D eigenvalue weighted by Crippen LogP contribution is -2.66. The Bertz CT molecular complexity index is 1170. The maximum atomic E-state index is 13.6. The van der Waals surface area contributed by atoms with Crippen molar-refractivity contribution in [2.24, 2.45) is 0 Å². The van der Waals surface area contributed by atoms with Crippen LogP contribution < -0.4 is 0 Å². The largest absolute Gasteiger partial charge is 0.507 e. The number of aromatic hydroxyl groups is 2. The van der Waals surface area contributed by atoms with Gasteiger partial charge in [0.05, 0.1) is 55.2 Å². The number of aliphatic hydroxyl groups excluding tert-OH is 2. The second kappa shape index (κ2) is 7.33.